The van der Waals surface area contributed by atoms with Gasteiger partial charge in [-0.05, 0) is 6.07 Å². The summed E-state index contributed by atoms with van der Waals surface area (Å²) in [6, 6.07) is 5.09. The molecule has 0 amide bonds. The van der Waals surface area contributed by atoms with E-state index in [9.17, 15) is 4.79 Å². The van der Waals surface area contributed by atoms with E-state index in [2.05, 4.69) is 0 Å². The summed E-state index contributed by atoms with van der Waals surface area (Å²) in [6.07, 6.45) is 5.44. The highest BCUT2D eigenvalue weighted by Gasteiger charge is 1.87. The maximum absolute atomic E-state index is 11.1. The van der Waals surface area contributed by atoms with E-state index in [0.29, 0.717) is 12.4 Å². The third kappa shape index (κ3) is 2.55. The first-order valence-corrected chi connectivity index (χ1v) is 4.24. The van der Waals surface area contributed by atoms with Crippen LogP contribution >= 0.6 is 11.6 Å². The second-order valence-corrected chi connectivity index (χ2v) is 2.63. The maximum Gasteiger partial charge on any atom is 0.250 e. The zero-order valence-electron chi connectivity index (χ0n) is 6.61. The largest absolute Gasteiger partial charge is 0.312 e. The van der Waals surface area contributed by atoms with E-state index < -0.39 is 0 Å². The Bertz CT molecular complexity index is 316. The Morgan fingerprint density at radius 1 is 1.42 bits per heavy atom. The van der Waals surface area contributed by atoms with Gasteiger partial charge in [0.15, 0.2) is 0 Å². The van der Waals surface area contributed by atoms with Crippen LogP contribution in [0.15, 0.2) is 41.3 Å². The van der Waals surface area contributed by atoms with Gasteiger partial charge in [-0.2, -0.15) is 0 Å². The molecule has 0 radical (unpaired) electrons. The molecule has 1 heterocycles. The quantitative estimate of drug-likeness (QED) is 0.516. The van der Waals surface area contributed by atoms with Crippen LogP contribution in [0.2, 0.25) is 0 Å². The molecule has 0 bridgehead atoms. The van der Waals surface area contributed by atoms with Crippen molar-refractivity contribution in [1.82, 2.24) is 4.57 Å². The lowest BCUT2D eigenvalue weighted by molar-refractivity contribution is 0.778. The van der Waals surface area contributed by atoms with E-state index in [1.165, 1.54) is 6.07 Å². The monoisotopic (exact) mass is 183 g/mol. The first-order valence-electron chi connectivity index (χ1n) is 3.71. The van der Waals surface area contributed by atoms with Gasteiger partial charge in [-0.25, -0.2) is 0 Å². The molecule has 1 aromatic rings. The summed E-state index contributed by atoms with van der Waals surface area (Å²) >= 11 is 5.43. The fourth-order valence-electron chi connectivity index (χ4n) is 0.863. The normalized spacial score (nSPS) is 10.8. The minimum Gasteiger partial charge on any atom is -0.312 e. The average molecular weight is 184 g/mol. The van der Waals surface area contributed by atoms with Gasteiger partial charge in [-0.3, -0.25) is 4.79 Å². The third-order valence-electron chi connectivity index (χ3n) is 1.46. The summed E-state index contributed by atoms with van der Waals surface area (Å²) in [5.41, 5.74) is 0.0109. The predicted octanol–water partition coefficient (Wildman–Crippen LogP) is 1.64. The van der Waals surface area contributed by atoms with Crippen LogP contribution in [0, 0.1) is 0 Å². The number of aromatic nitrogens is 1. The van der Waals surface area contributed by atoms with E-state index in [0.717, 1.165) is 0 Å². The molecule has 1 rings (SSSR count). The van der Waals surface area contributed by atoms with E-state index in [1.54, 1.807) is 16.8 Å². The van der Waals surface area contributed by atoms with E-state index in [4.69, 9.17) is 11.6 Å². The molecule has 64 valence electrons. The molecule has 12 heavy (non-hydrogen) atoms. The van der Waals surface area contributed by atoms with Crippen LogP contribution < -0.4 is 5.56 Å². The van der Waals surface area contributed by atoms with Gasteiger partial charge >= 0.3 is 0 Å². The van der Waals surface area contributed by atoms with Crippen LogP contribution in [0.4, 0.5) is 0 Å². The molecule has 0 unspecified atom stereocenters. The molecule has 0 aliphatic rings. The third-order valence-corrected chi connectivity index (χ3v) is 1.64. The van der Waals surface area contributed by atoms with Gasteiger partial charge in [0, 0.05) is 24.7 Å². The van der Waals surface area contributed by atoms with Gasteiger partial charge in [-0.15, -0.1) is 11.6 Å². The topological polar surface area (TPSA) is 22.0 Å². The smallest absolute Gasteiger partial charge is 0.250 e. The Kier molecular flexibility index (Phi) is 3.61. The Morgan fingerprint density at radius 2 is 2.25 bits per heavy atom. The molecule has 2 nitrogen and oxygen atoms in total. The molecule has 0 atom stereocenters. The van der Waals surface area contributed by atoms with E-state index in [1.807, 2.05) is 18.2 Å². The number of hydrogen-bond acceptors (Lipinski definition) is 1. The summed E-state index contributed by atoms with van der Waals surface area (Å²) in [6.45, 7) is 0.590. The molecule has 0 N–H and O–H groups in total. The SMILES string of the molecule is O=c1ccccn1C/C=C/CCl. The molecule has 3 heteroatoms. The molecule has 0 aliphatic carbocycles. The lowest BCUT2D eigenvalue weighted by Gasteiger charge is -1.98. The van der Waals surface area contributed by atoms with Gasteiger partial charge < -0.3 is 4.57 Å². The minimum absolute atomic E-state index is 0.0109. The second-order valence-electron chi connectivity index (χ2n) is 2.32. The number of nitrogens with zero attached hydrogens (tertiary/aromatic N) is 1. The highest BCUT2D eigenvalue weighted by Crippen LogP contribution is 1.84. The number of hydrogen-bond donors (Lipinski definition) is 0. The van der Waals surface area contributed by atoms with Crippen LogP contribution in [0.3, 0.4) is 0 Å². The van der Waals surface area contributed by atoms with E-state index in [-0.39, 0.29) is 5.56 Å². The van der Waals surface area contributed by atoms with Crippen LogP contribution in [0.1, 0.15) is 0 Å². The van der Waals surface area contributed by atoms with Crippen molar-refractivity contribution in [3.05, 3.63) is 46.9 Å². The van der Waals surface area contributed by atoms with Gasteiger partial charge in [0.05, 0.1) is 0 Å². The molecular weight excluding hydrogens is 174 g/mol. The Hall–Kier alpha value is -1.02. The zero-order chi connectivity index (χ0) is 8.81. The average Bonchev–Trinajstić information content (AvgIpc) is 2.09. The molecule has 0 fully saturated rings. The Morgan fingerprint density at radius 3 is 2.92 bits per heavy atom. The molecule has 0 aromatic carbocycles. The van der Waals surface area contributed by atoms with Crippen molar-refractivity contribution in [2.24, 2.45) is 0 Å². The Balaban J connectivity index is 2.70. The van der Waals surface area contributed by atoms with Crippen LogP contribution in [0.25, 0.3) is 0 Å². The summed E-state index contributed by atoms with van der Waals surface area (Å²) in [5, 5.41) is 0. The number of alkyl halides is 1. The number of halogens is 1. The number of pyridine rings is 1. The van der Waals surface area contributed by atoms with Crippen molar-refractivity contribution in [3.63, 3.8) is 0 Å². The standard InChI is InChI=1S/C9H10ClNO/c10-6-2-4-8-11-7-3-1-5-9(11)12/h1-5,7H,6,8H2/b4-2+. The summed E-state index contributed by atoms with van der Waals surface area (Å²) < 4.78 is 1.61. The summed E-state index contributed by atoms with van der Waals surface area (Å²) in [7, 11) is 0. The van der Waals surface area contributed by atoms with Crippen molar-refractivity contribution in [3.8, 4) is 0 Å². The summed E-state index contributed by atoms with van der Waals surface area (Å²) in [5.74, 6) is 0.488. The molecule has 0 saturated carbocycles. The molecule has 0 spiro atoms. The van der Waals surface area contributed by atoms with Crippen molar-refractivity contribution in [2.75, 3.05) is 5.88 Å². The lowest BCUT2D eigenvalue weighted by atomic mass is 10.4. The van der Waals surface area contributed by atoms with Gasteiger partial charge in [0.2, 0.25) is 0 Å². The van der Waals surface area contributed by atoms with Crippen molar-refractivity contribution < 1.29 is 0 Å². The zero-order valence-corrected chi connectivity index (χ0v) is 7.37. The molecule has 0 aliphatic heterocycles. The first kappa shape index (κ1) is 9.07. The van der Waals surface area contributed by atoms with Gasteiger partial charge in [-0.1, -0.05) is 18.2 Å². The number of allylic oxidation sites excluding steroid dienone is 2. The fraction of sp³-hybridized carbons (Fsp3) is 0.222. The number of rotatable bonds is 3. The second kappa shape index (κ2) is 4.78. The van der Waals surface area contributed by atoms with E-state index >= 15 is 0 Å². The predicted molar refractivity (Wildman–Crippen MR) is 50.6 cm³/mol. The fourth-order valence-corrected chi connectivity index (χ4v) is 0.989. The van der Waals surface area contributed by atoms with Crippen molar-refractivity contribution in [2.45, 2.75) is 6.54 Å². The van der Waals surface area contributed by atoms with Crippen LogP contribution in [-0.2, 0) is 6.54 Å². The highest BCUT2D eigenvalue weighted by atomic mass is 35.5. The summed E-state index contributed by atoms with van der Waals surface area (Å²) in [4.78, 5) is 11.1. The first-order chi connectivity index (χ1) is 5.84. The van der Waals surface area contributed by atoms with Gasteiger partial charge in [0.25, 0.3) is 5.56 Å². The van der Waals surface area contributed by atoms with Crippen molar-refractivity contribution >= 4 is 11.6 Å². The molecule has 0 saturated heterocycles. The van der Waals surface area contributed by atoms with Crippen molar-refractivity contribution in [1.29, 1.82) is 0 Å². The highest BCUT2D eigenvalue weighted by molar-refractivity contribution is 6.18. The minimum atomic E-state index is 0.0109. The Labute approximate surface area is 76.1 Å². The van der Waals surface area contributed by atoms with Crippen LogP contribution in [0.5, 0.6) is 0 Å². The lowest BCUT2D eigenvalue weighted by Crippen LogP contribution is -2.16. The van der Waals surface area contributed by atoms with Crippen LogP contribution in [-0.4, -0.2) is 10.4 Å². The maximum atomic E-state index is 11.1. The van der Waals surface area contributed by atoms with Gasteiger partial charge in [0.1, 0.15) is 0 Å². The molecule has 1 aromatic heterocycles. The molecular formula is C9H10ClNO.